The number of ether oxygens (including phenoxy) is 2. The van der Waals surface area contributed by atoms with Gasteiger partial charge >= 0.3 is 0 Å². The second-order valence-electron chi connectivity index (χ2n) is 9.39. The quantitative estimate of drug-likeness (QED) is 0.582. The van der Waals surface area contributed by atoms with Crippen molar-refractivity contribution < 1.29 is 18.8 Å². The standard InChI is InChI=1S/C25H33N3O4/c29-24(25(12-13-25)20-6-2-1-3-7-20)28-14-5-4-8-21(28)23-26-22(27-32-23)11-17-31-18-19-9-15-30-16-10-19/h1-3,6-7,19,21H,4-5,8-18H2. The van der Waals surface area contributed by atoms with E-state index < -0.39 is 0 Å². The molecule has 1 amide bonds. The van der Waals surface area contributed by atoms with Gasteiger partial charge in [0.15, 0.2) is 5.82 Å². The average Bonchev–Trinajstić information content (AvgIpc) is 3.54. The van der Waals surface area contributed by atoms with Gasteiger partial charge in [-0.15, -0.1) is 0 Å². The predicted molar refractivity (Wildman–Crippen MR) is 118 cm³/mol. The Balaban J connectivity index is 1.20. The monoisotopic (exact) mass is 439 g/mol. The van der Waals surface area contributed by atoms with E-state index in [2.05, 4.69) is 22.3 Å². The summed E-state index contributed by atoms with van der Waals surface area (Å²) in [5, 5.41) is 4.18. The number of benzene rings is 1. The number of carbonyl (C=O) groups is 1. The van der Waals surface area contributed by atoms with Gasteiger partial charge in [0.25, 0.3) is 0 Å². The van der Waals surface area contributed by atoms with Crippen LogP contribution in [0.2, 0.25) is 0 Å². The van der Waals surface area contributed by atoms with E-state index in [9.17, 15) is 4.79 Å². The Bertz CT molecular complexity index is 890. The molecule has 3 fully saturated rings. The second-order valence-corrected chi connectivity index (χ2v) is 9.39. The van der Waals surface area contributed by atoms with Crippen LogP contribution in [0, 0.1) is 5.92 Å². The Hall–Kier alpha value is -2.25. The van der Waals surface area contributed by atoms with E-state index in [0.717, 1.165) is 76.9 Å². The van der Waals surface area contributed by atoms with Gasteiger partial charge in [-0.2, -0.15) is 4.98 Å². The lowest BCUT2D eigenvalue weighted by molar-refractivity contribution is -0.138. The Morgan fingerprint density at radius 2 is 1.94 bits per heavy atom. The number of aromatic nitrogens is 2. The van der Waals surface area contributed by atoms with Gasteiger partial charge in [-0.25, -0.2) is 0 Å². The van der Waals surface area contributed by atoms with Gasteiger partial charge < -0.3 is 18.9 Å². The highest BCUT2D eigenvalue weighted by atomic mass is 16.5. The first-order valence-electron chi connectivity index (χ1n) is 12.1. The molecule has 0 radical (unpaired) electrons. The molecular formula is C25H33N3O4. The van der Waals surface area contributed by atoms with Crippen LogP contribution in [-0.2, 0) is 26.1 Å². The Kier molecular flexibility index (Phi) is 6.55. The van der Waals surface area contributed by atoms with E-state index in [0.29, 0.717) is 30.7 Å². The third-order valence-electron chi connectivity index (χ3n) is 7.18. The lowest BCUT2D eigenvalue weighted by Crippen LogP contribution is -2.44. The molecule has 172 valence electrons. The Labute approximate surface area is 189 Å². The summed E-state index contributed by atoms with van der Waals surface area (Å²) in [6.07, 6.45) is 7.56. The molecule has 1 aromatic carbocycles. The van der Waals surface area contributed by atoms with Crippen LogP contribution in [0.25, 0.3) is 0 Å². The topological polar surface area (TPSA) is 77.7 Å². The first-order chi connectivity index (χ1) is 15.8. The van der Waals surface area contributed by atoms with Crippen LogP contribution >= 0.6 is 0 Å². The van der Waals surface area contributed by atoms with Crippen molar-refractivity contribution in [1.82, 2.24) is 15.0 Å². The molecule has 2 saturated heterocycles. The van der Waals surface area contributed by atoms with Crippen LogP contribution in [0.1, 0.15) is 68.3 Å². The molecule has 3 heterocycles. The molecule has 2 aliphatic heterocycles. The third-order valence-corrected chi connectivity index (χ3v) is 7.18. The minimum Gasteiger partial charge on any atom is -0.381 e. The molecule has 2 aromatic rings. The van der Waals surface area contributed by atoms with Gasteiger partial charge in [-0.05, 0) is 56.4 Å². The summed E-state index contributed by atoms with van der Waals surface area (Å²) in [4.78, 5) is 20.3. The van der Waals surface area contributed by atoms with Gasteiger partial charge in [0.2, 0.25) is 11.8 Å². The SMILES string of the molecule is O=C(N1CCCCC1c1nc(CCOCC2CCOCC2)no1)C1(c2ccccc2)CC1. The zero-order chi connectivity index (χ0) is 21.8. The lowest BCUT2D eigenvalue weighted by atomic mass is 9.91. The number of hydrogen-bond acceptors (Lipinski definition) is 6. The molecule has 1 unspecified atom stereocenters. The van der Waals surface area contributed by atoms with Gasteiger partial charge in [0.05, 0.1) is 12.0 Å². The molecule has 1 atom stereocenters. The van der Waals surface area contributed by atoms with Crippen LogP contribution in [0.15, 0.2) is 34.9 Å². The minimum absolute atomic E-state index is 0.123. The molecular weight excluding hydrogens is 406 g/mol. The largest absolute Gasteiger partial charge is 0.381 e. The average molecular weight is 440 g/mol. The summed E-state index contributed by atoms with van der Waals surface area (Å²) in [7, 11) is 0. The second kappa shape index (κ2) is 9.71. The smallest absolute Gasteiger partial charge is 0.249 e. The molecule has 3 aliphatic rings. The molecule has 5 rings (SSSR count). The van der Waals surface area contributed by atoms with Crippen LogP contribution < -0.4 is 0 Å². The first kappa shape index (κ1) is 21.6. The Morgan fingerprint density at radius 1 is 1.12 bits per heavy atom. The number of likely N-dealkylation sites (tertiary alicyclic amines) is 1. The van der Waals surface area contributed by atoms with Gasteiger partial charge in [-0.3, -0.25) is 4.79 Å². The number of nitrogens with zero attached hydrogens (tertiary/aromatic N) is 3. The van der Waals surface area contributed by atoms with Crippen molar-refractivity contribution in [2.24, 2.45) is 5.92 Å². The van der Waals surface area contributed by atoms with Gasteiger partial charge in [0.1, 0.15) is 6.04 Å². The zero-order valence-corrected chi connectivity index (χ0v) is 18.7. The van der Waals surface area contributed by atoms with Crippen LogP contribution in [0.4, 0.5) is 0 Å². The van der Waals surface area contributed by atoms with Crippen LogP contribution in [0.3, 0.4) is 0 Å². The van der Waals surface area contributed by atoms with Gasteiger partial charge in [-0.1, -0.05) is 35.5 Å². The number of carbonyl (C=O) groups excluding carboxylic acids is 1. The van der Waals surface area contributed by atoms with Crippen molar-refractivity contribution in [3.63, 3.8) is 0 Å². The number of hydrogen-bond donors (Lipinski definition) is 0. The molecule has 7 nitrogen and oxygen atoms in total. The molecule has 1 saturated carbocycles. The number of amides is 1. The maximum atomic E-state index is 13.6. The summed E-state index contributed by atoms with van der Waals surface area (Å²) in [6.45, 7) is 3.78. The maximum absolute atomic E-state index is 13.6. The highest BCUT2D eigenvalue weighted by Gasteiger charge is 2.54. The predicted octanol–water partition coefficient (Wildman–Crippen LogP) is 3.84. The normalized spacial score (nSPS) is 23.2. The summed E-state index contributed by atoms with van der Waals surface area (Å²) in [5.74, 6) is 2.04. The first-order valence-corrected chi connectivity index (χ1v) is 12.1. The van der Waals surface area contributed by atoms with E-state index in [1.165, 1.54) is 0 Å². The van der Waals surface area contributed by atoms with Crippen molar-refractivity contribution in [2.45, 2.75) is 62.8 Å². The van der Waals surface area contributed by atoms with E-state index in [4.69, 9.17) is 14.0 Å². The van der Waals surface area contributed by atoms with Crippen LogP contribution in [-0.4, -0.2) is 53.9 Å². The fraction of sp³-hybridized carbons (Fsp3) is 0.640. The molecule has 1 aliphatic carbocycles. The van der Waals surface area contributed by atoms with Crippen molar-refractivity contribution >= 4 is 5.91 Å². The summed E-state index contributed by atoms with van der Waals surface area (Å²) < 4.78 is 16.9. The fourth-order valence-electron chi connectivity index (χ4n) is 5.05. The Morgan fingerprint density at radius 3 is 2.72 bits per heavy atom. The molecule has 1 aromatic heterocycles. The van der Waals surface area contributed by atoms with E-state index in [-0.39, 0.29) is 17.4 Å². The summed E-state index contributed by atoms with van der Waals surface area (Å²) in [5.41, 5.74) is 0.764. The highest BCUT2D eigenvalue weighted by molar-refractivity contribution is 5.91. The van der Waals surface area contributed by atoms with Crippen molar-refractivity contribution in [2.75, 3.05) is 33.0 Å². The molecule has 0 spiro atoms. The summed E-state index contributed by atoms with van der Waals surface area (Å²) in [6, 6.07) is 10.1. The van der Waals surface area contributed by atoms with E-state index in [1.807, 2.05) is 23.1 Å². The minimum atomic E-state index is -0.363. The number of rotatable bonds is 8. The molecule has 32 heavy (non-hydrogen) atoms. The lowest BCUT2D eigenvalue weighted by Gasteiger charge is -2.36. The van der Waals surface area contributed by atoms with Crippen molar-refractivity contribution in [3.8, 4) is 0 Å². The number of piperidine rings is 1. The van der Waals surface area contributed by atoms with Crippen molar-refractivity contribution in [3.05, 3.63) is 47.6 Å². The van der Waals surface area contributed by atoms with E-state index in [1.54, 1.807) is 0 Å². The summed E-state index contributed by atoms with van der Waals surface area (Å²) >= 11 is 0. The van der Waals surface area contributed by atoms with E-state index >= 15 is 0 Å². The third kappa shape index (κ3) is 4.59. The molecule has 0 bridgehead atoms. The van der Waals surface area contributed by atoms with Gasteiger partial charge in [0, 0.05) is 32.8 Å². The maximum Gasteiger partial charge on any atom is 0.249 e. The highest BCUT2D eigenvalue weighted by Crippen LogP contribution is 2.51. The van der Waals surface area contributed by atoms with Crippen molar-refractivity contribution in [1.29, 1.82) is 0 Å². The molecule has 0 N–H and O–H groups in total. The zero-order valence-electron chi connectivity index (χ0n) is 18.7. The fourth-order valence-corrected chi connectivity index (χ4v) is 5.05. The molecule has 7 heteroatoms. The van der Waals surface area contributed by atoms with Crippen LogP contribution in [0.5, 0.6) is 0 Å².